The van der Waals surface area contributed by atoms with Crippen LogP contribution in [0, 0.1) is 0 Å². The highest BCUT2D eigenvalue weighted by Gasteiger charge is 2.13. The lowest BCUT2D eigenvalue weighted by Crippen LogP contribution is -2.26. The minimum atomic E-state index is -0.946. The van der Waals surface area contributed by atoms with Gasteiger partial charge in [0.05, 0.1) is 17.8 Å². The molecule has 1 heterocycles. The SMILES string of the molecule is CC/C=C/c1cn(C(C)C)c(=O)n1Cc1ccc(-c2ccccc2C(=O)O)cc1. The molecule has 0 aliphatic rings. The molecular weight excluding hydrogens is 364 g/mol. The smallest absolute Gasteiger partial charge is 0.336 e. The van der Waals surface area contributed by atoms with Gasteiger partial charge in [0, 0.05) is 12.2 Å². The first kappa shape index (κ1) is 20.4. The monoisotopic (exact) mass is 390 g/mol. The summed E-state index contributed by atoms with van der Waals surface area (Å²) in [5.74, 6) is -0.946. The number of aromatic nitrogens is 2. The Morgan fingerprint density at radius 3 is 2.41 bits per heavy atom. The molecule has 150 valence electrons. The molecule has 5 heteroatoms. The van der Waals surface area contributed by atoms with Gasteiger partial charge in [-0.2, -0.15) is 0 Å². The zero-order valence-electron chi connectivity index (χ0n) is 17.0. The van der Waals surface area contributed by atoms with Gasteiger partial charge in [0.15, 0.2) is 0 Å². The van der Waals surface area contributed by atoms with E-state index >= 15 is 0 Å². The fourth-order valence-corrected chi connectivity index (χ4v) is 3.31. The molecule has 0 aliphatic carbocycles. The molecule has 1 aromatic heterocycles. The fourth-order valence-electron chi connectivity index (χ4n) is 3.31. The second-order valence-corrected chi connectivity index (χ2v) is 7.28. The van der Waals surface area contributed by atoms with Gasteiger partial charge in [0.2, 0.25) is 0 Å². The van der Waals surface area contributed by atoms with Crippen LogP contribution < -0.4 is 5.69 Å². The summed E-state index contributed by atoms with van der Waals surface area (Å²) in [5.41, 5.74) is 3.63. The Morgan fingerprint density at radius 1 is 1.10 bits per heavy atom. The maximum Gasteiger partial charge on any atom is 0.336 e. The van der Waals surface area contributed by atoms with Crippen molar-refractivity contribution < 1.29 is 9.90 Å². The molecule has 0 aliphatic heterocycles. The predicted molar refractivity (Wildman–Crippen MR) is 116 cm³/mol. The van der Waals surface area contributed by atoms with Crippen LogP contribution >= 0.6 is 0 Å². The zero-order valence-corrected chi connectivity index (χ0v) is 17.0. The average Bonchev–Trinajstić information content (AvgIpc) is 3.02. The molecule has 0 radical (unpaired) electrons. The van der Waals surface area contributed by atoms with E-state index in [9.17, 15) is 14.7 Å². The minimum Gasteiger partial charge on any atom is -0.478 e. The number of imidazole rings is 1. The number of carbonyl (C=O) groups is 1. The summed E-state index contributed by atoms with van der Waals surface area (Å²) in [4.78, 5) is 24.3. The first-order valence-electron chi connectivity index (χ1n) is 9.82. The number of allylic oxidation sites excluding steroid dienone is 1. The summed E-state index contributed by atoms with van der Waals surface area (Å²) in [5, 5.41) is 9.41. The van der Waals surface area contributed by atoms with Gasteiger partial charge in [-0.3, -0.25) is 9.13 Å². The van der Waals surface area contributed by atoms with E-state index in [4.69, 9.17) is 0 Å². The first-order chi connectivity index (χ1) is 13.9. The predicted octanol–water partition coefficient (Wildman–Crippen LogP) is 5.07. The molecule has 0 spiro atoms. The van der Waals surface area contributed by atoms with Gasteiger partial charge in [-0.1, -0.05) is 55.5 Å². The van der Waals surface area contributed by atoms with Crippen molar-refractivity contribution in [3.63, 3.8) is 0 Å². The Bertz CT molecular complexity index is 1090. The molecule has 1 N–H and O–H groups in total. The second-order valence-electron chi connectivity index (χ2n) is 7.28. The highest BCUT2D eigenvalue weighted by molar-refractivity contribution is 5.95. The number of benzene rings is 2. The molecule has 0 saturated heterocycles. The lowest BCUT2D eigenvalue weighted by molar-refractivity contribution is 0.0697. The molecule has 0 unspecified atom stereocenters. The molecule has 5 nitrogen and oxygen atoms in total. The van der Waals surface area contributed by atoms with Gasteiger partial charge in [0.1, 0.15) is 0 Å². The van der Waals surface area contributed by atoms with Crippen molar-refractivity contribution in [3.8, 4) is 11.1 Å². The van der Waals surface area contributed by atoms with Gasteiger partial charge in [-0.15, -0.1) is 0 Å². The highest BCUT2D eigenvalue weighted by Crippen LogP contribution is 2.24. The number of rotatable bonds is 7. The largest absolute Gasteiger partial charge is 0.478 e. The van der Waals surface area contributed by atoms with Crippen molar-refractivity contribution in [1.29, 1.82) is 0 Å². The topological polar surface area (TPSA) is 64.2 Å². The van der Waals surface area contributed by atoms with Crippen LogP contribution in [-0.2, 0) is 6.54 Å². The van der Waals surface area contributed by atoms with Gasteiger partial charge < -0.3 is 5.11 Å². The molecule has 0 bridgehead atoms. The summed E-state index contributed by atoms with van der Waals surface area (Å²) < 4.78 is 3.51. The summed E-state index contributed by atoms with van der Waals surface area (Å²) in [6.07, 6.45) is 6.83. The average molecular weight is 390 g/mol. The van der Waals surface area contributed by atoms with Crippen molar-refractivity contribution in [2.24, 2.45) is 0 Å². The van der Waals surface area contributed by atoms with E-state index < -0.39 is 5.97 Å². The number of carboxylic acids is 1. The lowest BCUT2D eigenvalue weighted by atomic mass is 9.99. The molecule has 2 aromatic carbocycles. The van der Waals surface area contributed by atoms with Crippen molar-refractivity contribution in [3.05, 3.63) is 88.1 Å². The molecule has 3 aromatic rings. The fraction of sp³-hybridized carbons (Fsp3) is 0.250. The Morgan fingerprint density at radius 2 is 1.79 bits per heavy atom. The van der Waals surface area contributed by atoms with E-state index in [0.29, 0.717) is 12.1 Å². The molecule has 0 fully saturated rings. The molecule has 29 heavy (non-hydrogen) atoms. The lowest BCUT2D eigenvalue weighted by Gasteiger charge is -2.09. The van der Waals surface area contributed by atoms with Crippen LogP contribution in [0.2, 0.25) is 0 Å². The molecule has 0 atom stereocenters. The number of nitrogens with zero attached hydrogens (tertiary/aromatic N) is 2. The Hall–Kier alpha value is -3.34. The van der Waals surface area contributed by atoms with Crippen molar-refractivity contribution in [2.45, 2.75) is 39.8 Å². The molecule has 0 saturated carbocycles. The van der Waals surface area contributed by atoms with E-state index in [1.807, 2.05) is 62.5 Å². The molecular formula is C24H26N2O3. The van der Waals surface area contributed by atoms with E-state index in [1.54, 1.807) is 27.3 Å². The maximum atomic E-state index is 12.8. The van der Waals surface area contributed by atoms with Crippen LogP contribution in [0.25, 0.3) is 17.2 Å². The van der Waals surface area contributed by atoms with Gasteiger partial charge >= 0.3 is 11.7 Å². The van der Waals surface area contributed by atoms with Crippen LogP contribution in [0.4, 0.5) is 0 Å². The standard InChI is InChI=1S/C24H26N2O3/c1-4-5-8-20-16-25(17(2)3)24(29)26(20)15-18-11-13-19(14-12-18)21-9-6-7-10-22(21)23(27)28/h5-14,16-17H,4,15H2,1-3H3,(H,27,28)/b8-5+. The molecule has 0 amide bonds. The number of hydrogen-bond donors (Lipinski definition) is 1. The molecule has 3 rings (SSSR count). The third-order valence-corrected chi connectivity index (χ3v) is 4.88. The Labute approximate surface area is 170 Å². The number of aromatic carboxylic acids is 1. The van der Waals surface area contributed by atoms with Crippen LogP contribution in [0.15, 0.2) is 65.6 Å². The van der Waals surface area contributed by atoms with E-state index in [0.717, 1.165) is 23.2 Å². The van der Waals surface area contributed by atoms with E-state index in [2.05, 4.69) is 6.92 Å². The van der Waals surface area contributed by atoms with Crippen molar-refractivity contribution in [1.82, 2.24) is 9.13 Å². The third kappa shape index (κ3) is 4.40. The Kier molecular flexibility index (Phi) is 6.17. The van der Waals surface area contributed by atoms with Crippen LogP contribution in [0.1, 0.15) is 54.8 Å². The minimum absolute atomic E-state index is 0.0314. The van der Waals surface area contributed by atoms with Crippen molar-refractivity contribution in [2.75, 3.05) is 0 Å². The zero-order chi connectivity index (χ0) is 21.0. The number of carboxylic acid groups (broad SMARTS) is 1. The Balaban J connectivity index is 1.94. The van der Waals surface area contributed by atoms with Crippen molar-refractivity contribution >= 4 is 12.0 Å². The number of hydrogen-bond acceptors (Lipinski definition) is 2. The third-order valence-electron chi connectivity index (χ3n) is 4.88. The van der Waals surface area contributed by atoms with E-state index in [1.165, 1.54) is 0 Å². The first-order valence-corrected chi connectivity index (χ1v) is 9.82. The quantitative estimate of drug-likeness (QED) is 0.613. The summed E-state index contributed by atoms with van der Waals surface area (Å²) >= 11 is 0. The van der Waals surface area contributed by atoms with Gasteiger partial charge in [-0.25, -0.2) is 9.59 Å². The van der Waals surface area contributed by atoms with Crippen LogP contribution in [-0.4, -0.2) is 20.2 Å². The summed E-state index contributed by atoms with van der Waals surface area (Å²) in [6.45, 7) is 6.51. The normalized spacial score (nSPS) is 11.4. The highest BCUT2D eigenvalue weighted by atomic mass is 16.4. The van der Waals surface area contributed by atoms with E-state index in [-0.39, 0.29) is 17.3 Å². The van der Waals surface area contributed by atoms with Gasteiger partial charge in [0.25, 0.3) is 0 Å². The summed E-state index contributed by atoms with van der Waals surface area (Å²) in [6, 6.07) is 14.8. The second kappa shape index (κ2) is 8.78. The summed E-state index contributed by atoms with van der Waals surface area (Å²) in [7, 11) is 0. The van der Waals surface area contributed by atoms with Crippen LogP contribution in [0.3, 0.4) is 0 Å². The van der Waals surface area contributed by atoms with Gasteiger partial charge in [-0.05, 0) is 49.1 Å². The van der Waals surface area contributed by atoms with Crippen LogP contribution in [0.5, 0.6) is 0 Å². The maximum absolute atomic E-state index is 12.8.